The molecule has 0 aliphatic rings. The Morgan fingerprint density at radius 3 is 2.53 bits per heavy atom. The van der Waals surface area contributed by atoms with Crippen LogP contribution >= 0.6 is 15.9 Å². The Labute approximate surface area is 108 Å². The number of aromatic nitrogens is 1. The molecule has 0 saturated heterocycles. The molecule has 4 heteroatoms. The first-order valence-electron chi connectivity index (χ1n) is 5.26. The van der Waals surface area contributed by atoms with Gasteiger partial charge in [-0.1, -0.05) is 12.1 Å². The molecular weight excluding hydrogens is 283 g/mol. The molecule has 1 N–H and O–H groups in total. The number of benzene rings is 1. The minimum absolute atomic E-state index is 0.216. The highest BCUT2D eigenvalue weighted by Crippen LogP contribution is 2.16. The average molecular weight is 295 g/mol. The highest BCUT2D eigenvalue weighted by atomic mass is 79.9. The first-order chi connectivity index (χ1) is 8.15. The van der Waals surface area contributed by atoms with E-state index in [1.807, 2.05) is 19.1 Å². The summed E-state index contributed by atoms with van der Waals surface area (Å²) in [4.78, 5) is 4.37. The lowest BCUT2D eigenvalue weighted by molar-refractivity contribution is 0.627. The Hall–Kier alpha value is -1.42. The topological polar surface area (TPSA) is 24.9 Å². The normalized spacial score (nSPS) is 10.3. The van der Waals surface area contributed by atoms with E-state index in [1.165, 1.54) is 12.1 Å². The van der Waals surface area contributed by atoms with Gasteiger partial charge in [-0.25, -0.2) is 9.37 Å². The monoisotopic (exact) mass is 294 g/mol. The lowest BCUT2D eigenvalue weighted by Gasteiger charge is -2.07. The zero-order valence-corrected chi connectivity index (χ0v) is 11.0. The van der Waals surface area contributed by atoms with Gasteiger partial charge in [-0.2, -0.15) is 0 Å². The van der Waals surface area contributed by atoms with E-state index in [4.69, 9.17) is 0 Å². The predicted octanol–water partition coefficient (Wildman–Crippen LogP) is 3.90. The number of halogens is 2. The first kappa shape index (κ1) is 12.0. The number of nitrogens with one attached hydrogen (secondary N) is 1. The fraction of sp³-hybridized carbons (Fsp3) is 0.154. The Kier molecular flexibility index (Phi) is 3.74. The molecule has 88 valence electrons. The fourth-order valence-electron chi connectivity index (χ4n) is 1.44. The number of anilines is 1. The van der Waals surface area contributed by atoms with Gasteiger partial charge in [-0.15, -0.1) is 0 Å². The second-order valence-electron chi connectivity index (χ2n) is 3.74. The molecule has 0 aliphatic carbocycles. The van der Waals surface area contributed by atoms with Crippen LogP contribution in [0.15, 0.2) is 40.9 Å². The molecule has 1 aromatic heterocycles. The van der Waals surface area contributed by atoms with Crippen LogP contribution in [0.2, 0.25) is 0 Å². The van der Waals surface area contributed by atoms with Gasteiger partial charge < -0.3 is 5.32 Å². The standard InChI is InChI=1S/C13H12BrFN2/c1-9-12(14)6-7-13(17-9)16-8-10-2-4-11(15)5-3-10/h2-7H,8H2,1H3,(H,16,17). The van der Waals surface area contributed by atoms with E-state index in [1.54, 1.807) is 12.1 Å². The Balaban J connectivity index is 2.02. The summed E-state index contributed by atoms with van der Waals surface area (Å²) in [5.74, 6) is 0.599. The second-order valence-corrected chi connectivity index (χ2v) is 4.60. The van der Waals surface area contributed by atoms with E-state index in [9.17, 15) is 4.39 Å². The Bertz CT molecular complexity index is 511. The third-order valence-corrected chi connectivity index (χ3v) is 3.25. The van der Waals surface area contributed by atoms with E-state index in [0.29, 0.717) is 6.54 Å². The van der Waals surface area contributed by atoms with Gasteiger partial charge >= 0.3 is 0 Å². The maximum absolute atomic E-state index is 12.7. The zero-order valence-electron chi connectivity index (χ0n) is 9.37. The lowest BCUT2D eigenvalue weighted by atomic mass is 10.2. The summed E-state index contributed by atoms with van der Waals surface area (Å²) < 4.78 is 13.7. The molecule has 0 radical (unpaired) electrons. The number of hydrogen-bond donors (Lipinski definition) is 1. The maximum atomic E-state index is 12.7. The molecule has 2 nitrogen and oxygen atoms in total. The molecule has 0 aliphatic heterocycles. The van der Waals surface area contributed by atoms with Crippen LogP contribution in [-0.2, 0) is 6.54 Å². The van der Waals surface area contributed by atoms with Crippen LogP contribution in [0.25, 0.3) is 0 Å². The van der Waals surface area contributed by atoms with E-state index < -0.39 is 0 Å². The van der Waals surface area contributed by atoms with Crippen LogP contribution in [0.1, 0.15) is 11.3 Å². The largest absolute Gasteiger partial charge is 0.366 e. The van der Waals surface area contributed by atoms with Crippen LogP contribution in [0.5, 0.6) is 0 Å². The molecule has 0 saturated carbocycles. The highest BCUT2D eigenvalue weighted by molar-refractivity contribution is 9.10. The molecule has 17 heavy (non-hydrogen) atoms. The molecule has 0 spiro atoms. The van der Waals surface area contributed by atoms with Crippen molar-refractivity contribution in [3.8, 4) is 0 Å². The summed E-state index contributed by atoms with van der Waals surface area (Å²) >= 11 is 3.40. The number of nitrogens with zero attached hydrogens (tertiary/aromatic N) is 1. The second kappa shape index (κ2) is 5.27. The summed E-state index contributed by atoms with van der Waals surface area (Å²) in [7, 11) is 0. The quantitative estimate of drug-likeness (QED) is 0.928. The molecule has 0 unspecified atom stereocenters. The SMILES string of the molecule is Cc1nc(NCc2ccc(F)cc2)ccc1Br. The van der Waals surface area contributed by atoms with Crippen molar-refractivity contribution in [2.24, 2.45) is 0 Å². The molecule has 2 aromatic rings. The van der Waals surface area contributed by atoms with Crippen LogP contribution in [0.3, 0.4) is 0 Å². The van der Waals surface area contributed by atoms with Crippen LogP contribution in [0, 0.1) is 12.7 Å². The van der Waals surface area contributed by atoms with E-state index in [0.717, 1.165) is 21.5 Å². The van der Waals surface area contributed by atoms with E-state index in [-0.39, 0.29) is 5.82 Å². The number of aryl methyl sites for hydroxylation is 1. The molecule has 0 atom stereocenters. The van der Waals surface area contributed by atoms with Gasteiger partial charge in [-0.3, -0.25) is 0 Å². The predicted molar refractivity (Wildman–Crippen MR) is 70.4 cm³/mol. The molecule has 1 heterocycles. The van der Waals surface area contributed by atoms with Crippen LogP contribution in [0.4, 0.5) is 10.2 Å². The van der Waals surface area contributed by atoms with Gasteiger partial charge in [0.15, 0.2) is 0 Å². The van der Waals surface area contributed by atoms with Crippen molar-refractivity contribution >= 4 is 21.7 Å². The number of hydrogen-bond acceptors (Lipinski definition) is 2. The summed E-state index contributed by atoms with van der Waals surface area (Å²) in [5, 5.41) is 3.19. The highest BCUT2D eigenvalue weighted by Gasteiger charge is 1.99. The fourth-order valence-corrected chi connectivity index (χ4v) is 1.66. The number of rotatable bonds is 3. The Morgan fingerprint density at radius 1 is 1.18 bits per heavy atom. The zero-order chi connectivity index (χ0) is 12.3. The maximum Gasteiger partial charge on any atom is 0.126 e. The van der Waals surface area contributed by atoms with Crippen molar-refractivity contribution in [3.05, 3.63) is 57.9 Å². The third-order valence-electron chi connectivity index (χ3n) is 2.41. The lowest BCUT2D eigenvalue weighted by Crippen LogP contribution is -2.02. The van der Waals surface area contributed by atoms with Crippen molar-refractivity contribution in [3.63, 3.8) is 0 Å². The van der Waals surface area contributed by atoms with Crippen LogP contribution in [-0.4, -0.2) is 4.98 Å². The van der Waals surface area contributed by atoms with Gasteiger partial charge in [0, 0.05) is 11.0 Å². The molecule has 0 amide bonds. The molecular formula is C13H12BrFN2. The molecule has 1 aromatic carbocycles. The van der Waals surface area contributed by atoms with Gasteiger partial charge in [0.05, 0.1) is 5.69 Å². The molecule has 0 bridgehead atoms. The summed E-state index contributed by atoms with van der Waals surface area (Å²) in [5.41, 5.74) is 1.96. The first-order valence-corrected chi connectivity index (χ1v) is 6.06. The van der Waals surface area contributed by atoms with Crippen molar-refractivity contribution in [1.29, 1.82) is 0 Å². The minimum Gasteiger partial charge on any atom is -0.366 e. The van der Waals surface area contributed by atoms with Gasteiger partial charge in [-0.05, 0) is 52.7 Å². The smallest absolute Gasteiger partial charge is 0.126 e. The van der Waals surface area contributed by atoms with Crippen molar-refractivity contribution < 1.29 is 4.39 Å². The third kappa shape index (κ3) is 3.27. The van der Waals surface area contributed by atoms with Gasteiger partial charge in [0.1, 0.15) is 11.6 Å². The summed E-state index contributed by atoms with van der Waals surface area (Å²) in [6.45, 7) is 2.57. The van der Waals surface area contributed by atoms with Crippen molar-refractivity contribution in [2.45, 2.75) is 13.5 Å². The van der Waals surface area contributed by atoms with Crippen molar-refractivity contribution in [1.82, 2.24) is 4.98 Å². The summed E-state index contributed by atoms with van der Waals surface area (Å²) in [6, 6.07) is 10.3. The van der Waals surface area contributed by atoms with Gasteiger partial charge in [0.25, 0.3) is 0 Å². The molecule has 2 rings (SSSR count). The average Bonchev–Trinajstić information content (AvgIpc) is 2.33. The van der Waals surface area contributed by atoms with Gasteiger partial charge in [0.2, 0.25) is 0 Å². The van der Waals surface area contributed by atoms with E-state index >= 15 is 0 Å². The summed E-state index contributed by atoms with van der Waals surface area (Å²) in [6.07, 6.45) is 0. The minimum atomic E-state index is -0.216. The van der Waals surface area contributed by atoms with E-state index in [2.05, 4.69) is 26.2 Å². The molecule has 0 fully saturated rings. The Morgan fingerprint density at radius 2 is 1.88 bits per heavy atom. The number of pyridine rings is 1. The van der Waals surface area contributed by atoms with Crippen molar-refractivity contribution in [2.75, 3.05) is 5.32 Å². The van der Waals surface area contributed by atoms with Crippen LogP contribution < -0.4 is 5.32 Å².